The van der Waals surface area contributed by atoms with Crippen LogP contribution in [0.4, 0.5) is 10.5 Å². The van der Waals surface area contributed by atoms with E-state index in [1.807, 2.05) is 36.4 Å². The van der Waals surface area contributed by atoms with Gasteiger partial charge in [0, 0.05) is 17.2 Å². The monoisotopic (exact) mass is 444 g/mol. The number of carboxylic acid groups (broad SMARTS) is 1. The number of carbonyl (C=O) groups excluding carboxylic acids is 2. The highest BCUT2D eigenvalue weighted by molar-refractivity contribution is 5.98. The molecule has 3 N–H and O–H groups in total. The molecule has 1 aliphatic rings. The molecular weight excluding hydrogens is 420 g/mol. The van der Waals surface area contributed by atoms with Crippen molar-refractivity contribution in [2.45, 2.75) is 25.3 Å². The van der Waals surface area contributed by atoms with Crippen molar-refractivity contribution in [1.29, 1.82) is 0 Å². The first-order valence-corrected chi connectivity index (χ1v) is 10.7. The Labute approximate surface area is 191 Å². The van der Waals surface area contributed by atoms with Crippen LogP contribution in [0, 0.1) is 0 Å². The molecule has 0 aromatic heterocycles. The Morgan fingerprint density at radius 3 is 2.18 bits per heavy atom. The second kappa shape index (κ2) is 9.56. The molecule has 0 saturated heterocycles. The van der Waals surface area contributed by atoms with Crippen LogP contribution in [0.3, 0.4) is 0 Å². The van der Waals surface area contributed by atoms with Crippen LogP contribution in [-0.4, -0.2) is 35.7 Å². The number of rotatable bonds is 7. The quantitative estimate of drug-likeness (QED) is 0.492. The molecule has 0 aliphatic heterocycles. The van der Waals surface area contributed by atoms with E-state index < -0.39 is 24.0 Å². The van der Waals surface area contributed by atoms with Crippen molar-refractivity contribution < 1.29 is 24.2 Å². The Morgan fingerprint density at radius 2 is 1.58 bits per heavy atom. The van der Waals surface area contributed by atoms with E-state index in [1.54, 1.807) is 25.1 Å². The van der Waals surface area contributed by atoms with Gasteiger partial charge in [0.15, 0.2) is 0 Å². The number of hydrogen-bond acceptors (Lipinski definition) is 4. The smallest absolute Gasteiger partial charge is 0.411 e. The molecule has 0 radical (unpaired) electrons. The van der Waals surface area contributed by atoms with Gasteiger partial charge in [0.1, 0.15) is 12.6 Å². The van der Waals surface area contributed by atoms with Gasteiger partial charge in [-0.2, -0.15) is 0 Å². The van der Waals surface area contributed by atoms with Crippen molar-refractivity contribution in [3.05, 3.63) is 89.5 Å². The SMILES string of the molecule is CC[C@@H](NC(=O)c1cccc(NC(=O)OCC2c3ccccc3-c3ccccc32)c1)C(=O)O. The molecule has 7 nitrogen and oxygen atoms in total. The van der Waals surface area contributed by atoms with E-state index in [2.05, 4.69) is 22.8 Å². The second-order valence-electron chi connectivity index (χ2n) is 7.80. The first kappa shape index (κ1) is 22.1. The van der Waals surface area contributed by atoms with Gasteiger partial charge in [-0.05, 0) is 46.9 Å². The second-order valence-corrected chi connectivity index (χ2v) is 7.80. The molecule has 1 aliphatic carbocycles. The fourth-order valence-corrected chi connectivity index (χ4v) is 4.07. The zero-order valence-electron chi connectivity index (χ0n) is 18.1. The molecule has 7 heteroatoms. The summed E-state index contributed by atoms with van der Waals surface area (Å²) in [6.07, 6.45) is -0.370. The lowest BCUT2D eigenvalue weighted by molar-refractivity contribution is -0.139. The summed E-state index contributed by atoms with van der Waals surface area (Å²) in [6.45, 7) is 1.85. The molecule has 1 atom stereocenters. The number of hydrogen-bond donors (Lipinski definition) is 3. The summed E-state index contributed by atoms with van der Waals surface area (Å²) in [4.78, 5) is 36.0. The minimum Gasteiger partial charge on any atom is -0.480 e. The standard InChI is InChI=1S/C26H24N2O5/c1-2-23(25(30)31)28-24(29)16-8-7-9-17(14-16)27-26(32)33-15-22-20-12-5-3-10-18(20)19-11-4-6-13-21(19)22/h3-14,22-23H,2,15H2,1H3,(H,27,32)(H,28,29)(H,30,31)/t23-/m1/s1. The molecule has 0 spiro atoms. The van der Waals surface area contributed by atoms with Crippen molar-refractivity contribution in [1.82, 2.24) is 5.32 Å². The van der Waals surface area contributed by atoms with E-state index in [9.17, 15) is 14.4 Å². The van der Waals surface area contributed by atoms with Gasteiger partial charge < -0.3 is 15.2 Å². The maximum absolute atomic E-state index is 12.5. The molecule has 0 bridgehead atoms. The van der Waals surface area contributed by atoms with E-state index in [1.165, 1.54) is 6.07 Å². The summed E-state index contributed by atoms with van der Waals surface area (Å²) in [6, 6.07) is 21.5. The zero-order valence-corrected chi connectivity index (χ0v) is 18.1. The first-order valence-electron chi connectivity index (χ1n) is 10.7. The molecule has 0 heterocycles. The number of ether oxygens (including phenoxy) is 1. The van der Waals surface area contributed by atoms with E-state index in [-0.39, 0.29) is 24.5 Å². The van der Waals surface area contributed by atoms with E-state index in [0.29, 0.717) is 5.69 Å². The number of benzene rings is 3. The van der Waals surface area contributed by atoms with Crippen LogP contribution < -0.4 is 10.6 Å². The fourth-order valence-electron chi connectivity index (χ4n) is 4.07. The largest absolute Gasteiger partial charge is 0.480 e. The van der Waals surface area contributed by atoms with Crippen LogP contribution in [0.2, 0.25) is 0 Å². The number of aliphatic carboxylic acids is 1. The summed E-state index contributed by atoms with van der Waals surface area (Å²) >= 11 is 0. The van der Waals surface area contributed by atoms with Gasteiger partial charge in [0.2, 0.25) is 0 Å². The van der Waals surface area contributed by atoms with Crippen LogP contribution in [-0.2, 0) is 9.53 Å². The van der Waals surface area contributed by atoms with Crippen LogP contribution in [0.5, 0.6) is 0 Å². The van der Waals surface area contributed by atoms with Gasteiger partial charge >= 0.3 is 12.1 Å². The maximum atomic E-state index is 12.5. The number of carboxylic acids is 1. The van der Waals surface area contributed by atoms with E-state index in [4.69, 9.17) is 9.84 Å². The van der Waals surface area contributed by atoms with Crippen molar-refractivity contribution in [3.63, 3.8) is 0 Å². The van der Waals surface area contributed by atoms with Crippen molar-refractivity contribution in [2.24, 2.45) is 0 Å². The Balaban J connectivity index is 1.41. The molecule has 2 amide bonds. The third-order valence-corrected chi connectivity index (χ3v) is 5.73. The van der Waals surface area contributed by atoms with Crippen LogP contribution in [0.15, 0.2) is 72.8 Å². The highest BCUT2D eigenvalue weighted by atomic mass is 16.5. The molecule has 3 aromatic carbocycles. The third-order valence-electron chi connectivity index (χ3n) is 5.73. The fraction of sp³-hybridized carbons (Fsp3) is 0.192. The highest BCUT2D eigenvalue weighted by Crippen LogP contribution is 2.44. The zero-order chi connectivity index (χ0) is 23.4. The van der Waals surface area contributed by atoms with Crippen LogP contribution >= 0.6 is 0 Å². The molecule has 0 saturated carbocycles. The Hall–Kier alpha value is -4.13. The minimum absolute atomic E-state index is 0.0535. The molecule has 33 heavy (non-hydrogen) atoms. The predicted octanol–water partition coefficient (Wildman–Crippen LogP) is 4.64. The highest BCUT2D eigenvalue weighted by Gasteiger charge is 2.29. The summed E-state index contributed by atoms with van der Waals surface area (Å²) < 4.78 is 5.53. The van der Waals surface area contributed by atoms with E-state index in [0.717, 1.165) is 22.3 Å². The number of anilines is 1. The number of amides is 2. The minimum atomic E-state index is -1.10. The lowest BCUT2D eigenvalue weighted by atomic mass is 9.98. The topological polar surface area (TPSA) is 105 Å². The summed E-state index contributed by atoms with van der Waals surface area (Å²) in [5.41, 5.74) is 5.15. The first-order chi connectivity index (χ1) is 16.0. The van der Waals surface area contributed by atoms with Gasteiger partial charge in [-0.3, -0.25) is 10.1 Å². The molecular formula is C26H24N2O5. The number of fused-ring (bicyclic) bond motifs is 3. The van der Waals surface area contributed by atoms with Crippen LogP contribution in [0.25, 0.3) is 11.1 Å². The molecule has 0 fully saturated rings. The van der Waals surface area contributed by atoms with Gasteiger partial charge in [0.25, 0.3) is 5.91 Å². The van der Waals surface area contributed by atoms with Gasteiger partial charge in [0.05, 0.1) is 0 Å². The average molecular weight is 444 g/mol. The molecule has 4 rings (SSSR count). The van der Waals surface area contributed by atoms with Crippen molar-refractivity contribution >= 4 is 23.7 Å². The third kappa shape index (κ3) is 4.72. The lowest BCUT2D eigenvalue weighted by Gasteiger charge is -2.15. The summed E-state index contributed by atoms with van der Waals surface area (Å²) in [5.74, 6) is -1.68. The maximum Gasteiger partial charge on any atom is 0.411 e. The predicted molar refractivity (Wildman–Crippen MR) is 124 cm³/mol. The summed E-state index contributed by atoms with van der Waals surface area (Å²) in [7, 11) is 0. The van der Waals surface area contributed by atoms with Gasteiger partial charge in [-0.1, -0.05) is 61.5 Å². The molecule has 0 unspecified atom stereocenters. The Bertz CT molecular complexity index is 1160. The van der Waals surface area contributed by atoms with Crippen molar-refractivity contribution in [3.8, 4) is 11.1 Å². The Kier molecular flexibility index (Phi) is 6.40. The number of nitrogens with one attached hydrogen (secondary N) is 2. The molecule has 168 valence electrons. The normalized spacial score (nSPS) is 12.9. The Morgan fingerprint density at radius 1 is 0.939 bits per heavy atom. The summed E-state index contributed by atoms with van der Waals surface area (Å²) in [5, 5.41) is 14.2. The van der Waals surface area contributed by atoms with Gasteiger partial charge in [-0.25, -0.2) is 9.59 Å². The van der Waals surface area contributed by atoms with Crippen molar-refractivity contribution in [2.75, 3.05) is 11.9 Å². The van der Waals surface area contributed by atoms with E-state index >= 15 is 0 Å². The van der Waals surface area contributed by atoms with Crippen LogP contribution in [0.1, 0.15) is 40.7 Å². The van der Waals surface area contributed by atoms with Gasteiger partial charge in [-0.15, -0.1) is 0 Å². The number of carbonyl (C=O) groups is 3. The lowest BCUT2D eigenvalue weighted by Crippen LogP contribution is -2.40. The average Bonchev–Trinajstić information content (AvgIpc) is 3.14. The molecule has 3 aromatic rings.